The Kier molecular flexibility index (Phi) is 4.14. The van der Waals surface area contributed by atoms with Gasteiger partial charge in [0.05, 0.1) is 7.11 Å². The number of rotatable bonds is 5. The van der Waals surface area contributed by atoms with Crippen LogP contribution < -0.4 is 15.4 Å². The van der Waals surface area contributed by atoms with Crippen molar-refractivity contribution >= 4 is 5.95 Å². The molecule has 2 rings (SSSR count). The van der Waals surface area contributed by atoms with Crippen LogP contribution in [0.5, 0.6) is 5.88 Å². The van der Waals surface area contributed by atoms with Crippen molar-refractivity contribution in [1.82, 2.24) is 15.3 Å². The van der Waals surface area contributed by atoms with Gasteiger partial charge in [-0.2, -0.15) is 4.98 Å². The molecule has 17 heavy (non-hydrogen) atoms. The van der Waals surface area contributed by atoms with Gasteiger partial charge in [-0.1, -0.05) is 0 Å². The number of hydrogen-bond donors (Lipinski definition) is 2. The Bertz CT molecular complexity index is 364. The first-order valence-corrected chi connectivity index (χ1v) is 6.12. The van der Waals surface area contributed by atoms with Gasteiger partial charge in [-0.3, -0.25) is 0 Å². The third-order valence-electron chi connectivity index (χ3n) is 3.04. The van der Waals surface area contributed by atoms with Crippen molar-refractivity contribution in [2.75, 3.05) is 32.1 Å². The van der Waals surface area contributed by atoms with Gasteiger partial charge in [0, 0.05) is 18.3 Å². The molecule has 1 atom stereocenters. The van der Waals surface area contributed by atoms with Gasteiger partial charge >= 0.3 is 0 Å². The monoisotopic (exact) mass is 236 g/mol. The Labute approximate surface area is 102 Å². The predicted molar refractivity (Wildman–Crippen MR) is 67.4 cm³/mol. The third kappa shape index (κ3) is 3.56. The van der Waals surface area contributed by atoms with E-state index in [1.807, 2.05) is 13.0 Å². The minimum atomic E-state index is 0.613. The van der Waals surface area contributed by atoms with Gasteiger partial charge in [-0.15, -0.1) is 0 Å². The summed E-state index contributed by atoms with van der Waals surface area (Å²) >= 11 is 0. The summed E-state index contributed by atoms with van der Waals surface area (Å²) < 4.78 is 5.11. The van der Waals surface area contributed by atoms with Crippen LogP contribution in [0.4, 0.5) is 5.95 Å². The molecule has 5 heteroatoms. The van der Waals surface area contributed by atoms with Gasteiger partial charge in [0.2, 0.25) is 11.8 Å². The molecule has 0 aromatic carbocycles. The molecule has 1 aromatic heterocycles. The van der Waals surface area contributed by atoms with Crippen LogP contribution in [0, 0.1) is 12.8 Å². The van der Waals surface area contributed by atoms with E-state index in [-0.39, 0.29) is 0 Å². The van der Waals surface area contributed by atoms with Crippen LogP contribution in [0.25, 0.3) is 0 Å². The zero-order valence-electron chi connectivity index (χ0n) is 10.5. The van der Waals surface area contributed by atoms with Crippen molar-refractivity contribution in [2.45, 2.75) is 19.8 Å². The SMILES string of the molecule is COc1cc(C)nc(NCCC2CCNC2)n1. The standard InChI is InChI=1S/C12H20N4O/c1-9-7-11(17-2)16-12(15-9)14-6-4-10-3-5-13-8-10/h7,10,13H,3-6,8H2,1-2H3,(H,14,15,16). The van der Waals surface area contributed by atoms with Crippen LogP contribution in [0.3, 0.4) is 0 Å². The molecule has 1 saturated heterocycles. The van der Waals surface area contributed by atoms with E-state index in [2.05, 4.69) is 20.6 Å². The molecule has 1 aliphatic rings. The number of aryl methyl sites for hydroxylation is 1. The van der Waals surface area contributed by atoms with Crippen molar-refractivity contribution < 1.29 is 4.74 Å². The van der Waals surface area contributed by atoms with E-state index < -0.39 is 0 Å². The molecule has 5 nitrogen and oxygen atoms in total. The average molecular weight is 236 g/mol. The van der Waals surface area contributed by atoms with Crippen molar-refractivity contribution in [3.63, 3.8) is 0 Å². The fourth-order valence-corrected chi connectivity index (χ4v) is 2.07. The highest BCUT2D eigenvalue weighted by Crippen LogP contribution is 2.14. The lowest BCUT2D eigenvalue weighted by atomic mass is 10.1. The Morgan fingerprint density at radius 3 is 3.12 bits per heavy atom. The Morgan fingerprint density at radius 1 is 1.53 bits per heavy atom. The summed E-state index contributed by atoms with van der Waals surface area (Å²) in [5.41, 5.74) is 0.918. The number of ether oxygens (including phenoxy) is 1. The van der Waals surface area contributed by atoms with E-state index in [1.54, 1.807) is 7.11 Å². The fraction of sp³-hybridized carbons (Fsp3) is 0.667. The summed E-state index contributed by atoms with van der Waals surface area (Å²) in [5, 5.41) is 6.63. The van der Waals surface area contributed by atoms with Crippen LogP contribution in [-0.2, 0) is 0 Å². The van der Waals surface area contributed by atoms with Gasteiger partial charge in [-0.25, -0.2) is 4.98 Å². The van der Waals surface area contributed by atoms with E-state index in [4.69, 9.17) is 4.74 Å². The molecular weight excluding hydrogens is 216 g/mol. The van der Waals surface area contributed by atoms with Crippen molar-refractivity contribution in [3.05, 3.63) is 11.8 Å². The second kappa shape index (κ2) is 5.82. The molecule has 1 fully saturated rings. The second-order valence-electron chi connectivity index (χ2n) is 4.45. The quantitative estimate of drug-likeness (QED) is 0.804. The largest absolute Gasteiger partial charge is 0.481 e. The minimum Gasteiger partial charge on any atom is -0.481 e. The molecule has 2 heterocycles. The average Bonchev–Trinajstić information content (AvgIpc) is 2.81. The highest BCUT2D eigenvalue weighted by Gasteiger charge is 2.13. The molecule has 1 aromatic rings. The van der Waals surface area contributed by atoms with Crippen molar-refractivity contribution in [1.29, 1.82) is 0 Å². The topological polar surface area (TPSA) is 59.1 Å². The number of nitrogens with zero attached hydrogens (tertiary/aromatic N) is 2. The third-order valence-corrected chi connectivity index (χ3v) is 3.04. The number of nitrogens with one attached hydrogen (secondary N) is 2. The molecule has 0 saturated carbocycles. The molecule has 0 spiro atoms. The van der Waals surface area contributed by atoms with E-state index in [9.17, 15) is 0 Å². The fourth-order valence-electron chi connectivity index (χ4n) is 2.07. The predicted octanol–water partition coefficient (Wildman–Crippen LogP) is 1.21. The van der Waals surface area contributed by atoms with Gasteiger partial charge in [0.15, 0.2) is 0 Å². The number of anilines is 1. The summed E-state index contributed by atoms with van der Waals surface area (Å²) in [6.07, 6.45) is 2.44. The molecule has 0 amide bonds. The van der Waals surface area contributed by atoms with Gasteiger partial charge in [0.1, 0.15) is 0 Å². The molecule has 0 radical (unpaired) electrons. The van der Waals surface area contributed by atoms with Crippen molar-refractivity contribution in [3.8, 4) is 5.88 Å². The summed E-state index contributed by atoms with van der Waals surface area (Å²) in [6.45, 7) is 5.15. The lowest BCUT2D eigenvalue weighted by Gasteiger charge is -2.10. The molecule has 0 bridgehead atoms. The van der Waals surface area contributed by atoms with Crippen LogP contribution in [-0.4, -0.2) is 36.7 Å². The Hall–Kier alpha value is -1.36. The molecular formula is C12H20N4O. The highest BCUT2D eigenvalue weighted by molar-refractivity contribution is 5.30. The molecule has 2 N–H and O–H groups in total. The van der Waals surface area contributed by atoms with Gasteiger partial charge in [0.25, 0.3) is 0 Å². The van der Waals surface area contributed by atoms with Crippen LogP contribution in [0.1, 0.15) is 18.5 Å². The number of aromatic nitrogens is 2. The second-order valence-corrected chi connectivity index (χ2v) is 4.45. The first kappa shape index (κ1) is 12.1. The van der Waals surface area contributed by atoms with E-state index in [0.717, 1.165) is 37.7 Å². The van der Waals surface area contributed by atoms with Gasteiger partial charge < -0.3 is 15.4 Å². The summed E-state index contributed by atoms with van der Waals surface area (Å²) in [6, 6.07) is 1.83. The summed E-state index contributed by atoms with van der Waals surface area (Å²) in [5.74, 6) is 2.06. The van der Waals surface area contributed by atoms with Crippen molar-refractivity contribution in [2.24, 2.45) is 5.92 Å². The Balaban J connectivity index is 1.83. The Morgan fingerprint density at radius 2 is 2.41 bits per heavy atom. The summed E-state index contributed by atoms with van der Waals surface area (Å²) in [4.78, 5) is 8.58. The molecule has 0 aliphatic carbocycles. The first-order valence-electron chi connectivity index (χ1n) is 6.12. The lowest BCUT2D eigenvalue weighted by Crippen LogP contribution is -2.14. The lowest BCUT2D eigenvalue weighted by molar-refractivity contribution is 0.397. The van der Waals surface area contributed by atoms with E-state index in [0.29, 0.717) is 11.8 Å². The van der Waals surface area contributed by atoms with Gasteiger partial charge in [-0.05, 0) is 38.8 Å². The smallest absolute Gasteiger partial charge is 0.226 e. The molecule has 1 aliphatic heterocycles. The highest BCUT2D eigenvalue weighted by atomic mass is 16.5. The molecule has 1 unspecified atom stereocenters. The zero-order valence-corrected chi connectivity index (χ0v) is 10.5. The minimum absolute atomic E-state index is 0.613. The first-order chi connectivity index (χ1) is 8.28. The normalized spacial score (nSPS) is 19.3. The maximum atomic E-state index is 5.11. The number of hydrogen-bond acceptors (Lipinski definition) is 5. The van der Waals surface area contributed by atoms with Crippen LogP contribution in [0.15, 0.2) is 6.07 Å². The number of methoxy groups -OCH3 is 1. The van der Waals surface area contributed by atoms with E-state index >= 15 is 0 Å². The molecule has 94 valence electrons. The van der Waals surface area contributed by atoms with Crippen LogP contribution >= 0.6 is 0 Å². The maximum Gasteiger partial charge on any atom is 0.226 e. The maximum absolute atomic E-state index is 5.11. The van der Waals surface area contributed by atoms with Crippen LogP contribution in [0.2, 0.25) is 0 Å². The van der Waals surface area contributed by atoms with E-state index in [1.165, 1.54) is 6.42 Å². The zero-order chi connectivity index (χ0) is 12.1. The summed E-state index contributed by atoms with van der Waals surface area (Å²) in [7, 11) is 1.62.